The molecule has 0 saturated heterocycles. The Hall–Kier alpha value is -2.02. The first-order valence-electron chi connectivity index (χ1n) is 6.01. The molecule has 0 radical (unpaired) electrons. The van der Waals surface area contributed by atoms with Crippen LogP contribution in [0.25, 0.3) is 0 Å². The van der Waals surface area contributed by atoms with Gasteiger partial charge in [-0.05, 0) is 25.8 Å². The van der Waals surface area contributed by atoms with Crippen molar-refractivity contribution in [1.29, 1.82) is 0 Å². The van der Waals surface area contributed by atoms with Crippen molar-refractivity contribution < 1.29 is 19.4 Å². The Kier molecular flexibility index (Phi) is 5.87. The van der Waals surface area contributed by atoms with Gasteiger partial charge in [-0.15, -0.1) is 0 Å². The molecule has 0 aliphatic heterocycles. The van der Waals surface area contributed by atoms with E-state index in [1.54, 1.807) is 20.1 Å². The van der Waals surface area contributed by atoms with E-state index in [-0.39, 0.29) is 11.4 Å². The first kappa shape index (κ1) is 15.0. The number of hydrogen-bond donors (Lipinski definition) is 4. The summed E-state index contributed by atoms with van der Waals surface area (Å²) in [6.07, 6.45) is 1.67. The van der Waals surface area contributed by atoms with Crippen LogP contribution >= 0.6 is 0 Å². The second-order valence-corrected chi connectivity index (χ2v) is 4.13. The van der Waals surface area contributed by atoms with Gasteiger partial charge in [-0.1, -0.05) is 0 Å². The highest BCUT2D eigenvalue weighted by Gasteiger charge is 2.14. The molecule has 0 aromatic carbocycles. The van der Waals surface area contributed by atoms with Gasteiger partial charge in [0.25, 0.3) is 0 Å². The third-order valence-corrected chi connectivity index (χ3v) is 2.48. The summed E-state index contributed by atoms with van der Waals surface area (Å²) in [7, 11) is 1.63. The minimum absolute atomic E-state index is 0.0213. The lowest BCUT2D eigenvalue weighted by atomic mass is 10.3. The number of H-pyrrole nitrogens is 1. The predicted molar refractivity (Wildman–Crippen MR) is 70.6 cm³/mol. The number of amides is 2. The van der Waals surface area contributed by atoms with Crippen LogP contribution < -0.4 is 10.6 Å². The molecule has 0 atom stereocenters. The number of aromatic nitrogens is 1. The number of hydrogen-bond acceptors (Lipinski definition) is 3. The van der Waals surface area contributed by atoms with Crippen LogP contribution in [-0.4, -0.2) is 42.4 Å². The van der Waals surface area contributed by atoms with Crippen LogP contribution in [0.5, 0.6) is 0 Å². The summed E-state index contributed by atoms with van der Waals surface area (Å²) in [4.78, 5) is 25.2. The number of carboxylic acids is 1. The largest absolute Gasteiger partial charge is 0.477 e. The average Bonchev–Trinajstić information content (AvgIpc) is 2.70. The molecule has 0 unspecified atom stereocenters. The van der Waals surface area contributed by atoms with E-state index >= 15 is 0 Å². The normalized spacial score (nSPS) is 10.2. The molecule has 0 aliphatic rings. The Morgan fingerprint density at radius 1 is 1.42 bits per heavy atom. The van der Waals surface area contributed by atoms with Gasteiger partial charge in [-0.25, -0.2) is 9.59 Å². The number of carbonyl (C=O) groups excluding carboxylic acids is 1. The Labute approximate surface area is 111 Å². The van der Waals surface area contributed by atoms with E-state index in [2.05, 4.69) is 15.6 Å². The highest BCUT2D eigenvalue weighted by Crippen LogP contribution is 2.16. The van der Waals surface area contributed by atoms with Gasteiger partial charge in [-0.3, -0.25) is 0 Å². The molecule has 0 spiro atoms. The fourth-order valence-corrected chi connectivity index (χ4v) is 1.60. The SMILES string of the molecule is COCCCCNC(=O)Nc1cc(C)[nH]c1C(=O)O. The predicted octanol–water partition coefficient (Wildman–Crippen LogP) is 1.57. The number of aromatic amines is 1. The molecular weight excluding hydrogens is 250 g/mol. The van der Waals surface area contributed by atoms with Gasteiger partial charge in [0.15, 0.2) is 0 Å². The smallest absolute Gasteiger partial charge is 0.354 e. The summed E-state index contributed by atoms with van der Waals surface area (Å²) < 4.78 is 4.89. The van der Waals surface area contributed by atoms with Gasteiger partial charge >= 0.3 is 12.0 Å². The molecule has 106 valence electrons. The van der Waals surface area contributed by atoms with Crippen LogP contribution in [0.4, 0.5) is 10.5 Å². The standard InChI is InChI=1S/C12H19N3O4/c1-8-7-9(10(14-8)11(16)17)15-12(18)13-5-3-4-6-19-2/h7,14H,3-6H2,1-2H3,(H,16,17)(H2,13,15,18). The van der Waals surface area contributed by atoms with Gasteiger partial charge in [0, 0.05) is 26.0 Å². The lowest BCUT2D eigenvalue weighted by Gasteiger charge is -2.06. The van der Waals surface area contributed by atoms with Crippen molar-refractivity contribution in [1.82, 2.24) is 10.3 Å². The molecule has 4 N–H and O–H groups in total. The summed E-state index contributed by atoms with van der Waals surface area (Å²) in [5.41, 5.74) is 0.916. The number of rotatable bonds is 7. The molecule has 2 amide bonds. The highest BCUT2D eigenvalue weighted by atomic mass is 16.5. The summed E-state index contributed by atoms with van der Waals surface area (Å²) in [5, 5.41) is 14.1. The number of unbranched alkanes of at least 4 members (excludes halogenated alkanes) is 1. The van der Waals surface area contributed by atoms with E-state index in [0.29, 0.717) is 18.8 Å². The van der Waals surface area contributed by atoms with Gasteiger partial charge in [0.05, 0.1) is 5.69 Å². The molecule has 7 heteroatoms. The Bertz CT molecular complexity index is 442. The van der Waals surface area contributed by atoms with Crippen molar-refractivity contribution in [2.24, 2.45) is 0 Å². The molecule has 19 heavy (non-hydrogen) atoms. The second-order valence-electron chi connectivity index (χ2n) is 4.13. The van der Waals surface area contributed by atoms with E-state index in [9.17, 15) is 9.59 Å². The van der Waals surface area contributed by atoms with Crippen molar-refractivity contribution in [3.8, 4) is 0 Å². The van der Waals surface area contributed by atoms with Gasteiger partial charge in [0.2, 0.25) is 0 Å². The number of carboxylic acid groups (broad SMARTS) is 1. The van der Waals surface area contributed by atoms with Crippen LogP contribution in [0.2, 0.25) is 0 Å². The number of ether oxygens (including phenoxy) is 1. The molecule has 1 aromatic rings. The zero-order valence-electron chi connectivity index (χ0n) is 11.1. The quantitative estimate of drug-likeness (QED) is 0.564. The molecule has 1 heterocycles. The van der Waals surface area contributed by atoms with E-state index in [0.717, 1.165) is 12.8 Å². The number of nitrogens with one attached hydrogen (secondary N) is 3. The van der Waals surface area contributed by atoms with E-state index in [4.69, 9.17) is 9.84 Å². The van der Waals surface area contributed by atoms with E-state index < -0.39 is 12.0 Å². The Morgan fingerprint density at radius 2 is 2.16 bits per heavy atom. The molecule has 0 aliphatic carbocycles. The summed E-state index contributed by atoms with van der Waals surface area (Å²) in [6.45, 7) is 2.89. The maximum Gasteiger partial charge on any atom is 0.354 e. The van der Waals surface area contributed by atoms with Crippen molar-refractivity contribution in [2.75, 3.05) is 25.6 Å². The lowest BCUT2D eigenvalue weighted by Crippen LogP contribution is -2.30. The minimum atomic E-state index is -1.11. The van der Waals surface area contributed by atoms with Crippen LogP contribution in [0.3, 0.4) is 0 Å². The molecule has 0 fully saturated rings. The van der Waals surface area contributed by atoms with Crippen LogP contribution in [0.15, 0.2) is 6.07 Å². The summed E-state index contributed by atoms with van der Waals surface area (Å²) >= 11 is 0. The molecule has 7 nitrogen and oxygen atoms in total. The first-order chi connectivity index (χ1) is 9.04. The number of urea groups is 1. The zero-order valence-corrected chi connectivity index (χ0v) is 11.1. The molecule has 0 bridgehead atoms. The number of aryl methyl sites for hydroxylation is 1. The average molecular weight is 269 g/mol. The second kappa shape index (κ2) is 7.42. The monoisotopic (exact) mass is 269 g/mol. The third kappa shape index (κ3) is 5.01. The lowest BCUT2D eigenvalue weighted by molar-refractivity contribution is 0.0692. The molecule has 1 rings (SSSR count). The molecule has 0 saturated carbocycles. The first-order valence-corrected chi connectivity index (χ1v) is 6.01. The Morgan fingerprint density at radius 3 is 2.79 bits per heavy atom. The highest BCUT2D eigenvalue weighted by molar-refractivity contribution is 5.99. The summed E-state index contributed by atoms with van der Waals surface area (Å²) in [5.74, 6) is -1.11. The third-order valence-electron chi connectivity index (χ3n) is 2.48. The maximum atomic E-state index is 11.6. The number of methoxy groups -OCH3 is 1. The van der Waals surface area contributed by atoms with Crippen molar-refractivity contribution >= 4 is 17.7 Å². The van der Waals surface area contributed by atoms with Gasteiger partial charge in [-0.2, -0.15) is 0 Å². The number of carbonyl (C=O) groups is 2. The summed E-state index contributed by atoms with van der Waals surface area (Å²) in [6, 6.07) is 1.16. The fourth-order valence-electron chi connectivity index (χ4n) is 1.60. The van der Waals surface area contributed by atoms with Crippen LogP contribution in [0, 0.1) is 6.92 Å². The van der Waals surface area contributed by atoms with E-state index in [1.165, 1.54) is 0 Å². The topological polar surface area (TPSA) is 103 Å². The molecular formula is C12H19N3O4. The van der Waals surface area contributed by atoms with Crippen LogP contribution in [0.1, 0.15) is 29.0 Å². The van der Waals surface area contributed by atoms with Crippen LogP contribution in [-0.2, 0) is 4.74 Å². The number of aromatic carboxylic acids is 1. The fraction of sp³-hybridized carbons (Fsp3) is 0.500. The van der Waals surface area contributed by atoms with Gasteiger partial charge < -0.3 is 25.5 Å². The van der Waals surface area contributed by atoms with Crippen molar-refractivity contribution in [3.05, 3.63) is 17.5 Å². The van der Waals surface area contributed by atoms with Crippen molar-refractivity contribution in [2.45, 2.75) is 19.8 Å². The maximum absolute atomic E-state index is 11.6. The Balaban J connectivity index is 2.42. The minimum Gasteiger partial charge on any atom is -0.477 e. The molecule has 1 aromatic heterocycles. The van der Waals surface area contributed by atoms with E-state index in [1.807, 2.05) is 0 Å². The van der Waals surface area contributed by atoms with Gasteiger partial charge in [0.1, 0.15) is 5.69 Å². The number of anilines is 1. The van der Waals surface area contributed by atoms with Crippen molar-refractivity contribution in [3.63, 3.8) is 0 Å². The zero-order chi connectivity index (χ0) is 14.3.